The maximum atomic E-state index is 13.9. The van der Waals surface area contributed by atoms with Gasteiger partial charge in [0.2, 0.25) is 11.8 Å². The summed E-state index contributed by atoms with van der Waals surface area (Å²) in [5.41, 5.74) is 0.908. The molecule has 15 heteroatoms. The van der Waals surface area contributed by atoms with E-state index in [1.54, 1.807) is 12.1 Å². The van der Waals surface area contributed by atoms with E-state index in [0.717, 1.165) is 0 Å². The Bertz CT molecular complexity index is 1700. The molecule has 0 fully saturated rings. The SMILES string of the molecule is COc1ccc(C(NC(=O)C(Cc2cccc(C#N)c2)NC(=O)c2ccc(OCC(=O)O)cc2)C(=O)NC(C(=O)C(F)(F)F)C(C)C)cc1. The number of nitrogens with zero attached hydrogens (tertiary/aromatic N) is 1. The van der Waals surface area contributed by atoms with Crippen LogP contribution in [0, 0.1) is 17.2 Å². The standard InChI is InChI=1S/C34H33F3N4O8/c1-19(2)28(30(44)34(35,36)37)40-33(47)29(22-7-11-24(48-3)12-8-22)41-32(46)26(16-20-5-4-6-21(15-20)17-38)39-31(45)23-9-13-25(14-10-23)49-18-27(42)43/h4-15,19,26,28-29H,16,18H2,1-3H3,(H,39,45)(H,40,47)(H,41,46)(H,42,43). The van der Waals surface area contributed by atoms with E-state index >= 15 is 0 Å². The molecule has 0 saturated carbocycles. The molecule has 3 unspecified atom stereocenters. The van der Waals surface area contributed by atoms with Crippen molar-refractivity contribution in [2.75, 3.05) is 13.7 Å². The lowest BCUT2D eigenvalue weighted by Crippen LogP contribution is -2.55. The van der Waals surface area contributed by atoms with E-state index in [-0.39, 0.29) is 28.9 Å². The summed E-state index contributed by atoms with van der Waals surface area (Å²) in [6.07, 6.45) is -5.42. The van der Waals surface area contributed by atoms with Crippen molar-refractivity contribution in [1.82, 2.24) is 16.0 Å². The molecule has 0 heterocycles. The van der Waals surface area contributed by atoms with E-state index in [2.05, 4.69) is 16.0 Å². The Morgan fingerprint density at radius 3 is 2.06 bits per heavy atom. The van der Waals surface area contributed by atoms with Crippen LogP contribution >= 0.6 is 0 Å². The minimum absolute atomic E-state index is 0.0566. The van der Waals surface area contributed by atoms with E-state index in [1.165, 1.54) is 81.6 Å². The number of rotatable bonds is 15. The number of alkyl halides is 3. The smallest absolute Gasteiger partial charge is 0.452 e. The number of halogens is 3. The van der Waals surface area contributed by atoms with Crippen LogP contribution in [-0.2, 0) is 25.6 Å². The molecule has 12 nitrogen and oxygen atoms in total. The molecular formula is C34H33F3N4O8. The number of ketones is 1. The number of methoxy groups -OCH3 is 1. The number of carboxylic acids is 1. The van der Waals surface area contributed by atoms with E-state index in [0.29, 0.717) is 11.3 Å². The van der Waals surface area contributed by atoms with Crippen molar-refractivity contribution in [3.8, 4) is 17.6 Å². The Kier molecular flexibility index (Phi) is 12.9. The van der Waals surface area contributed by atoms with Crippen LogP contribution in [0.25, 0.3) is 0 Å². The van der Waals surface area contributed by atoms with E-state index in [4.69, 9.17) is 14.6 Å². The molecule has 0 aliphatic heterocycles. The van der Waals surface area contributed by atoms with Crippen molar-refractivity contribution in [3.05, 3.63) is 95.1 Å². The average molecular weight is 683 g/mol. The van der Waals surface area contributed by atoms with Gasteiger partial charge in [0.1, 0.15) is 23.6 Å². The zero-order valence-electron chi connectivity index (χ0n) is 26.5. The number of hydrogen-bond acceptors (Lipinski definition) is 8. The van der Waals surface area contributed by atoms with Crippen molar-refractivity contribution < 1.29 is 51.7 Å². The number of amides is 3. The second-order valence-electron chi connectivity index (χ2n) is 11.1. The van der Waals surface area contributed by atoms with Gasteiger partial charge in [0.05, 0.1) is 24.8 Å². The Hall–Kier alpha value is -5.91. The number of hydrogen-bond donors (Lipinski definition) is 4. The summed E-state index contributed by atoms with van der Waals surface area (Å²) in [6, 6.07) is 14.3. The number of carbonyl (C=O) groups is 5. The number of carbonyl (C=O) groups excluding carboxylic acids is 4. The van der Waals surface area contributed by atoms with E-state index < -0.39 is 66.3 Å². The summed E-state index contributed by atoms with van der Waals surface area (Å²) in [6.45, 7) is 2.03. The lowest BCUT2D eigenvalue weighted by atomic mass is 9.97. The number of nitrogens with one attached hydrogen (secondary N) is 3. The highest BCUT2D eigenvalue weighted by molar-refractivity contribution is 5.99. The van der Waals surface area contributed by atoms with Gasteiger partial charge in [-0.1, -0.05) is 38.1 Å². The predicted molar refractivity (Wildman–Crippen MR) is 167 cm³/mol. The lowest BCUT2D eigenvalue weighted by molar-refractivity contribution is -0.175. The van der Waals surface area contributed by atoms with Crippen LogP contribution in [0.1, 0.15) is 46.9 Å². The molecule has 3 amide bonds. The maximum Gasteiger partial charge on any atom is 0.452 e. The second kappa shape index (κ2) is 16.8. The fourth-order valence-corrected chi connectivity index (χ4v) is 4.59. The Morgan fingerprint density at radius 1 is 0.878 bits per heavy atom. The number of carboxylic acid groups (broad SMARTS) is 1. The zero-order chi connectivity index (χ0) is 36.3. The van der Waals surface area contributed by atoms with Gasteiger partial charge in [0, 0.05) is 12.0 Å². The van der Waals surface area contributed by atoms with Crippen LogP contribution in [0.5, 0.6) is 11.5 Å². The molecule has 258 valence electrons. The van der Waals surface area contributed by atoms with Gasteiger partial charge in [0.15, 0.2) is 6.61 Å². The normalized spacial score (nSPS) is 12.9. The number of aliphatic carboxylic acids is 1. The third-order valence-corrected chi connectivity index (χ3v) is 7.12. The minimum Gasteiger partial charge on any atom is -0.497 e. The van der Waals surface area contributed by atoms with Crippen LogP contribution in [0.15, 0.2) is 72.8 Å². The molecule has 0 aliphatic rings. The quantitative estimate of drug-likeness (QED) is 0.186. The summed E-state index contributed by atoms with van der Waals surface area (Å²) in [5, 5.41) is 25.3. The highest BCUT2D eigenvalue weighted by atomic mass is 19.4. The molecule has 3 aromatic rings. The lowest BCUT2D eigenvalue weighted by Gasteiger charge is -2.27. The Labute approximate surface area is 279 Å². The summed E-state index contributed by atoms with van der Waals surface area (Å²) in [7, 11) is 1.39. The third-order valence-electron chi connectivity index (χ3n) is 7.12. The third kappa shape index (κ3) is 10.8. The van der Waals surface area contributed by atoms with Crippen molar-refractivity contribution in [1.29, 1.82) is 5.26 Å². The van der Waals surface area contributed by atoms with Crippen molar-refractivity contribution >= 4 is 29.5 Å². The van der Waals surface area contributed by atoms with Crippen LogP contribution in [0.3, 0.4) is 0 Å². The summed E-state index contributed by atoms with van der Waals surface area (Å²) < 4.78 is 50.3. The van der Waals surface area contributed by atoms with Crippen molar-refractivity contribution in [2.24, 2.45) is 5.92 Å². The molecule has 0 bridgehead atoms. The van der Waals surface area contributed by atoms with Gasteiger partial charge in [-0.05, 0) is 65.6 Å². The monoisotopic (exact) mass is 682 g/mol. The Balaban J connectivity index is 1.96. The van der Waals surface area contributed by atoms with E-state index in [1.807, 2.05) is 6.07 Å². The number of benzene rings is 3. The molecule has 4 N–H and O–H groups in total. The Morgan fingerprint density at radius 2 is 1.51 bits per heavy atom. The minimum atomic E-state index is -5.24. The van der Waals surface area contributed by atoms with Gasteiger partial charge in [-0.2, -0.15) is 18.4 Å². The highest BCUT2D eigenvalue weighted by Gasteiger charge is 2.45. The molecule has 3 aromatic carbocycles. The average Bonchev–Trinajstić information content (AvgIpc) is 3.07. The van der Waals surface area contributed by atoms with Gasteiger partial charge < -0.3 is 30.5 Å². The van der Waals surface area contributed by atoms with Gasteiger partial charge in [0.25, 0.3) is 11.7 Å². The maximum absolute atomic E-state index is 13.9. The van der Waals surface area contributed by atoms with Crippen molar-refractivity contribution in [3.63, 3.8) is 0 Å². The fraction of sp³-hybridized carbons (Fsp3) is 0.294. The molecule has 3 rings (SSSR count). The first-order chi connectivity index (χ1) is 23.1. The molecule has 49 heavy (non-hydrogen) atoms. The van der Waals surface area contributed by atoms with Crippen LogP contribution in [0.4, 0.5) is 13.2 Å². The molecule has 3 atom stereocenters. The molecule has 0 aromatic heterocycles. The highest BCUT2D eigenvalue weighted by Crippen LogP contribution is 2.24. The van der Waals surface area contributed by atoms with Gasteiger partial charge in [-0.25, -0.2) is 4.79 Å². The first kappa shape index (κ1) is 37.5. The molecule has 0 saturated heterocycles. The zero-order valence-corrected chi connectivity index (χ0v) is 26.5. The topological polar surface area (TPSA) is 184 Å². The summed E-state index contributed by atoms with van der Waals surface area (Å²) in [5.74, 6) is -6.59. The number of nitriles is 1. The van der Waals surface area contributed by atoms with E-state index in [9.17, 15) is 42.4 Å². The molecule has 0 spiro atoms. The first-order valence-electron chi connectivity index (χ1n) is 14.7. The van der Waals surface area contributed by atoms with Crippen molar-refractivity contribution in [2.45, 2.75) is 44.6 Å². The van der Waals surface area contributed by atoms with Crippen LogP contribution < -0.4 is 25.4 Å². The van der Waals surface area contributed by atoms with Crippen LogP contribution in [-0.4, -0.2) is 66.6 Å². The predicted octanol–water partition coefficient (Wildman–Crippen LogP) is 3.50. The molecule has 0 radical (unpaired) electrons. The number of Topliss-reactive ketones (excluding diaryl/α,β-unsaturated/α-hetero) is 1. The number of ether oxygens (including phenoxy) is 2. The van der Waals surface area contributed by atoms with Crippen LogP contribution in [0.2, 0.25) is 0 Å². The summed E-state index contributed by atoms with van der Waals surface area (Å²) in [4.78, 5) is 63.7. The van der Waals surface area contributed by atoms with Gasteiger partial charge in [-0.15, -0.1) is 0 Å². The fourth-order valence-electron chi connectivity index (χ4n) is 4.59. The van der Waals surface area contributed by atoms with Gasteiger partial charge >= 0.3 is 12.1 Å². The van der Waals surface area contributed by atoms with Gasteiger partial charge in [-0.3, -0.25) is 19.2 Å². The molecule has 0 aliphatic carbocycles. The second-order valence-corrected chi connectivity index (χ2v) is 11.1. The largest absolute Gasteiger partial charge is 0.497 e. The molecular weight excluding hydrogens is 649 g/mol. The first-order valence-corrected chi connectivity index (χ1v) is 14.7. The summed E-state index contributed by atoms with van der Waals surface area (Å²) >= 11 is 0.